The lowest BCUT2D eigenvalue weighted by atomic mass is 9.78. The van der Waals surface area contributed by atoms with Gasteiger partial charge >= 0.3 is 17.9 Å². The van der Waals surface area contributed by atoms with Crippen molar-refractivity contribution in [3.05, 3.63) is 57.6 Å². The molecule has 0 heterocycles. The van der Waals surface area contributed by atoms with Gasteiger partial charge in [0.05, 0.1) is 13.2 Å². The number of rotatable bonds is 25. The Morgan fingerprint density at radius 3 is 1.45 bits per heavy atom. The summed E-state index contributed by atoms with van der Waals surface area (Å²) in [5.41, 5.74) is 4.25. The van der Waals surface area contributed by atoms with E-state index in [0.29, 0.717) is 43.8 Å². The van der Waals surface area contributed by atoms with Crippen molar-refractivity contribution in [3.8, 4) is 11.5 Å². The number of hydrogen-bond donors (Lipinski definition) is 1. The van der Waals surface area contributed by atoms with Crippen LogP contribution in [0.2, 0.25) is 0 Å². The van der Waals surface area contributed by atoms with Crippen LogP contribution in [0, 0.1) is 0 Å². The molecule has 2 aromatic rings. The number of carbonyl (C=O) groups excluding carboxylic acids is 3. The van der Waals surface area contributed by atoms with Crippen molar-refractivity contribution in [3.63, 3.8) is 0 Å². The van der Waals surface area contributed by atoms with Crippen LogP contribution in [0.5, 0.6) is 11.5 Å². The van der Waals surface area contributed by atoms with Crippen molar-refractivity contribution in [2.75, 3.05) is 13.2 Å². The minimum atomic E-state index is -0.388. The Morgan fingerprint density at radius 2 is 1.00 bits per heavy atom. The molecule has 0 aliphatic carbocycles. The van der Waals surface area contributed by atoms with Gasteiger partial charge in [0.1, 0.15) is 11.5 Å². The van der Waals surface area contributed by atoms with E-state index in [4.69, 9.17) is 14.2 Å². The number of unbranched alkanes of at least 4 members (excludes halogenated alkanes) is 10. The van der Waals surface area contributed by atoms with Crippen molar-refractivity contribution in [2.24, 2.45) is 0 Å². The Hall–Kier alpha value is -3.35. The molecule has 0 amide bonds. The Bertz CT molecular complexity index is 1480. The van der Waals surface area contributed by atoms with Gasteiger partial charge in [0.2, 0.25) is 0 Å². The van der Waals surface area contributed by atoms with E-state index in [2.05, 4.69) is 61.5 Å². The first-order valence-electron chi connectivity index (χ1n) is 21.6. The highest BCUT2D eigenvalue weighted by Crippen LogP contribution is 2.45. The number of esters is 3. The van der Waals surface area contributed by atoms with Crippen LogP contribution in [0.4, 0.5) is 0 Å². The Balaban J connectivity index is 2.46. The smallest absolute Gasteiger partial charge is 0.311 e. The number of aryl methyl sites for hydroxylation is 2. The molecule has 1 N–H and O–H groups in total. The molecule has 1 atom stereocenters. The maximum atomic E-state index is 13.1. The lowest BCUT2D eigenvalue weighted by molar-refractivity contribution is -0.144. The number of benzene rings is 2. The average Bonchev–Trinajstić information content (AvgIpc) is 3.11. The molecule has 2 rings (SSSR count). The van der Waals surface area contributed by atoms with Gasteiger partial charge in [-0.25, -0.2) is 0 Å². The van der Waals surface area contributed by atoms with Crippen LogP contribution in [-0.2, 0) is 47.5 Å². The number of aromatic hydroxyl groups is 1. The van der Waals surface area contributed by atoms with Crippen LogP contribution in [0.15, 0.2) is 24.3 Å². The van der Waals surface area contributed by atoms with Crippen molar-refractivity contribution in [2.45, 2.75) is 202 Å². The molecule has 0 spiro atoms. The number of ether oxygens (including phenoxy) is 3. The molecule has 7 nitrogen and oxygen atoms in total. The summed E-state index contributed by atoms with van der Waals surface area (Å²) in [6.07, 6.45) is 16.0. The van der Waals surface area contributed by atoms with Crippen LogP contribution < -0.4 is 4.74 Å². The molecule has 55 heavy (non-hydrogen) atoms. The molecule has 0 aliphatic heterocycles. The fourth-order valence-electron chi connectivity index (χ4n) is 6.93. The van der Waals surface area contributed by atoms with Crippen molar-refractivity contribution in [1.29, 1.82) is 0 Å². The molecular weight excluding hydrogens is 689 g/mol. The largest absolute Gasteiger partial charge is 0.507 e. The second-order valence-electron chi connectivity index (χ2n) is 17.6. The highest BCUT2D eigenvalue weighted by molar-refractivity contribution is 5.74. The molecule has 2 aromatic carbocycles. The lowest BCUT2D eigenvalue weighted by Crippen LogP contribution is -2.20. The predicted octanol–water partition coefficient (Wildman–Crippen LogP) is 12.5. The van der Waals surface area contributed by atoms with E-state index < -0.39 is 0 Å². The molecule has 0 aromatic heterocycles. The van der Waals surface area contributed by atoms with Crippen LogP contribution in [0.3, 0.4) is 0 Å². The summed E-state index contributed by atoms with van der Waals surface area (Å²) in [6.45, 7) is 21.7. The predicted molar refractivity (Wildman–Crippen MR) is 225 cm³/mol. The van der Waals surface area contributed by atoms with E-state index in [0.717, 1.165) is 53.5 Å². The first-order chi connectivity index (χ1) is 26.0. The molecule has 0 bridgehead atoms. The highest BCUT2D eigenvalue weighted by Gasteiger charge is 2.30. The van der Waals surface area contributed by atoms with Gasteiger partial charge in [0.15, 0.2) is 0 Å². The first kappa shape index (κ1) is 47.8. The maximum absolute atomic E-state index is 13.1. The van der Waals surface area contributed by atoms with Gasteiger partial charge in [-0.1, -0.05) is 158 Å². The summed E-state index contributed by atoms with van der Waals surface area (Å²) in [4.78, 5) is 38.8. The normalized spacial score (nSPS) is 12.4. The molecule has 310 valence electrons. The SMILES string of the molecule is CCCCCCCCOC(=O)CCc1cc(C(C)c2cc(CCC(=O)OCCCCCCCC)cc(C(C)(C)C)c2OC(=O)CCC)c(O)c(C(C)(C)C)c1. The van der Waals surface area contributed by atoms with E-state index in [9.17, 15) is 19.5 Å². The number of phenols is 1. The number of hydrogen-bond acceptors (Lipinski definition) is 7. The fraction of sp³-hybridized carbons (Fsp3) is 0.688. The lowest BCUT2D eigenvalue weighted by Gasteiger charge is -2.29. The Kier molecular flexibility index (Phi) is 21.1. The molecule has 7 heteroatoms. The highest BCUT2D eigenvalue weighted by atomic mass is 16.5. The van der Waals surface area contributed by atoms with Crippen molar-refractivity contribution in [1.82, 2.24) is 0 Å². The van der Waals surface area contributed by atoms with Gasteiger partial charge < -0.3 is 19.3 Å². The van der Waals surface area contributed by atoms with Gasteiger partial charge in [-0.05, 0) is 59.6 Å². The third-order valence-corrected chi connectivity index (χ3v) is 10.4. The monoisotopic (exact) mass is 765 g/mol. The third-order valence-electron chi connectivity index (χ3n) is 10.4. The molecule has 0 saturated heterocycles. The van der Waals surface area contributed by atoms with E-state index in [1.54, 1.807) is 0 Å². The summed E-state index contributed by atoms with van der Waals surface area (Å²) in [6, 6.07) is 8.07. The van der Waals surface area contributed by atoms with Gasteiger partial charge in [-0.15, -0.1) is 0 Å². The topological polar surface area (TPSA) is 99.1 Å². The van der Waals surface area contributed by atoms with Gasteiger partial charge in [-0.2, -0.15) is 0 Å². The molecular formula is C48H76O7. The van der Waals surface area contributed by atoms with Crippen LogP contribution in [0.1, 0.15) is 211 Å². The molecule has 0 fully saturated rings. The summed E-state index contributed by atoms with van der Waals surface area (Å²) in [7, 11) is 0. The Labute approximate surface area is 334 Å². The Morgan fingerprint density at radius 1 is 0.564 bits per heavy atom. The van der Waals surface area contributed by atoms with Gasteiger partial charge in [-0.3, -0.25) is 14.4 Å². The van der Waals surface area contributed by atoms with E-state index in [1.807, 2.05) is 32.0 Å². The number of phenolic OH excluding ortho intramolecular Hbond substituents is 1. The van der Waals surface area contributed by atoms with Gasteiger partial charge in [0, 0.05) is 41.9 Å². The zero-order valence-electron chi connectivity index (χ0n) is 36.4. The van der Waals surface area contributed by atoms with E-state index >= 15 is 0 Å². The zero-order valence-corrected chi connectivity index (χ0v) is 36.4. The summed E-state index contributed by atoms with van der Waals surface area (Å²) >= 11 is 0. The fourth-order valence-corrected chi connectivity index (χ4v) is 6.93. The van der Waals surface area contributed by atoms with Crippen molar-refractivity contribution < 1.29 is 33.7 Å². The third kappa shape index (κ3) is 17.1. The molecule has 0 radical (unpaired) electrons. The van der Waals surface area contributed by atoms with E-state index in [-0.39, 0.29) is 59.7 Å². The van der Waals surface area contributed by atoms with Crippen molar-refractivity contribution >= 4 is 17.9 Å². The summed E-state index contributed by atoms with van der Waals surface area (Å²) in [5, 5.41) is 11.9. The van der Waals surface area contributed by atoms with Crippen LogP contribution >= 0.6 is 0 Å². The number of carbonyl (C=O) groups is 3. The average molecular weight is 765 g/mol. The molecule has 0 aliphatic rings. The molecule has 0 saturated carbocycles. The molecule has 1 unspecified atom stereocenters. The first-order valence-corrected chi connectivity index (χ1v) is 21.6. The summed E-state index contributed by atoms with van der Waals surface area (Å²) < 4.78 is 17.4. The van der Waals surface area contributed by atoms with Crippen LogP contribution in [0.25, 0.3) is 0 Å². The van der Waals surface area contributed by atoms with Crippen LogP contribution in [-0.4, -0.2) is 36.2 Å². The summed E-state index contributed by atoms with van der Waals surface area (Å²) in [5.74, 6) is -0.420. The van der Waals surface area contributed by atoms with Gasteiger partial charge in [0.25, 0.3) is 0 Å². The standard InChI is InChI=1S/C48H76O7/c1-11-14-16-18-20-22-29-53-42(49)27-25-36-31-38(45(52)40(33-36)47(5,6)7)35(4)39-32-37(26-28-43(50)54-30-23-21-19-17-15-12-2)34-41(48(8,9)10)46(39)55-44(51)24-13-3/h31-35,52H,11-30H2,1-10H3. The quantitative estimate of drug-likeness (QED) is 0.0610. The minimum Gasteiger partial charge on any atom is -0.507 e. The minimum absolute atomic E-state index is 0.196. The second kappa shape index (κ2) is 24.3. The van der Waals surface area contributed by atoms with E-state index in [1.165, 1.54) is 51.4 Å². The maximum Gasteiger partial charge on any atom is 0.311 e. The zero-order chi connectivity index (χ0) is 41.0. The second-order valence-corrected chi connectivity index (χ2v) is 17.6.